The summed E-state index contributed by atoms with van der Waals surface area (Å²) in [4.78, 5) is 33.6. The fraction of sp³-hybridized carbons (Fsp3) is 0.176. The van der Waals surface area contributed by atoms with Crippen molar-refractivity contribution in [3.63, 3.8) is 0 Å². The molecule has 0 aliphatic heterocycles. The van der Waals surface area contributed by atoms with Crippen LogP contribution in [0, 0.1) is 10.1 Å². The molecule has 2 aromatic carbocycles. The molecule has 0 aliphatic carbocycles. The first-order valence-corrected chi connectivity index (χ1v) is 7.27. The number of hydrogen-bond donors (Lipinski definition) is 1. The van der Waals surface area contributed by atoms with Gasteiger partial charge in [0.2, 0.25) is 5.91 Å². The molecule has 0 aliphatic rings. The number of ether oxygens (including phenoxy) is 2. The number of primary amides is 1. The van der Waals surface area contributed by atoms with Crippen molar-refractivity contribution < 1.29 is 24.0 Å². The second-order valence-electron chi connectivity index (χ2n) is 5.11. The SMILES string of the molecule is COc1ccccc1CC(=O)OCc1ccc(C(N)=O)cc1[N+](=O)[O-]. The summed E-state index contributed by atoms with van der Waals surface area (Å²) in [5.41, 5.74) is 5.60. The number of amides is 1. The van der Waals surface area contributed by atoms with Crippen LogP contribution in [0.15, 0.2) is 42.5 Å². The Morgan fingerprint density at radius 1 is 1.16 bits per heavy atom. The van der Waals surface area contributed by atoms with Crippen LogP contribution in [0.5, 0.6) is 5.75 Å². The van der Waals surface area contributed by atoms with E-state index in [0.717, 1.165) is 6.07 Å². The predicted octanol–water partition coefficient (Wildman–Crippen LogP) is 1.99. The first-order chi connectivity index (χ1) is 11.9. The van der Waals surface area contributed by atoms with E-state index in [2.05, 4.69) is 0 Å². The number of rotatable bonds is 7. The highest BCUT2D eigenvalue weighted by atomic mass is 16.6. The molecule has 0 aromatic heterocycles. The summed E-state index contributed by atoms with van der Waals surface area (Å²) in [6.07, 6.45) is -0.0306. The van der Waals surface area contributed by atoms with Crippen molar-refractivity contribution in [2.45, 2.75) is 13.0 Å². The summed E-state index contributed by atoms with van der Waals surface area (Å²) in [6, 6.07) is 10.7. The van der Waals surface area contributed by atoms with Crippen LogP contribution in [0.25, 0.3) is 0 Å². The first-order valence-electron chi connectivity index (χ1n) is 7.27. The summed E-state index contributed by atoms with van der Waals surface area (Å²) in [6.45, 7) is -0.288. The molecule has 0 heterocycles. The minimum atomic E-state index is -0.775. The van der Waals surface area contributed by atoms with Crippen molar-refractivity contribution in [3.8, 4) is 5.75 Å². The van der Waals surface area contributed by atoms with E-state index in [9.17, 15) is 19.7 Å². The summed E-state index contributed by atoms with van der Waals surface area (Å²) in [5.74, 6) is -0.781. The van der Waals surface area contributed by atoms with Gasteiger partial charge in [-0.3, -0.25) is 19.7 Å². The Morgan fingerprint density at radius 2 is 1.88 bits per heavy atom. The molecule has 130 valence electrons. The number of carbonyl (C=O) groups is 2. The lowest BCUT2D eigenvalue weighted by Crippen LogP contribution is -2.13. The Bertz CT molecular complexity index is 819. The van der Waals surface area contributed by atoms with E-state index in [4.69, 9.17) is 15.2 Å². The summed E-state index contributed by atoms with van der Waals surface area (Å²) in [7, 11) is 1.49. The molecule has 0 spiro atoms. The van der Waals surface area contributed by atoms with Gasteiger partial charge in [0, 0.05) is 17.2 Å². The maximum absolute atomic E-state index is 12.0. The van der Waals surface area contributed by atoms with Gasteiger partial charge in [0.1, 0.15) is 12.4 Å². The molecule has 8 heteroatoms. The molecule has 0 saturated heterocycles. The maximum atomic E-state index is 12.0. The van der Waals surface area contributed by atoms with Crippen LogP contribution >= 0.6 is 0 Å². The van der Waals surface area contributed by atoms with E-state index >= 15 is 0 Å². The molecule has 2 N–H and O–H groups in total. The highest BCUT2D eigenvalue weighted by Crippen LogP contribution is 2.22. The molecule has 0 saturated carbocycles. The lowest BCUT2D eigenvalue weighted by atomic mass is 10.1. The van der Waals surface area contributed by atoms with Crippen molar-refractivity contribution in [2.24, 2.45) is 5.73 Å². The van der Waals surface area contributed by atoms with Gasteiger partial charge in [-0.05, 0) is 18.2 Å². The topological polar surface area (TPSA) is 122 Å². The van der Waals surface area contributed by atoms with Crippen LogP contribution in [0.2, 0.25) is 0 Å². The third-order valence-electron chi connectivity index (χ3n) is 3.48. The Kier molecular flexibility index (Phi) is 5.67. The van der Waals surface area contributed by atoms with E-state index in [1.54, 1.807) is 24.3 Å². The molecule has 0 unspecified atom stereocenters. The Hall–Kier alpha value is -3.42. The quantitative estimate of drug-likeness (QED) is 0.465. The fourth-order valence-electron chi connectivity index (χ4n) is 2.22. The van der Waals surface area contributed by atoms with Gasteiger partial charge in [-0.1, -0.05) is 18.2 Å². The summed E-state index contributed by atoms with van der Waals surface area (Å²) >= 11 is 0. The number of esters is 1. The maximum Gasteiger partial charge on any atom is 0.310 e. The average Bonchev–Trinajstić information content (AvgIpc) is 2.60. The van der Waals surface area contributed by atoms with Gasteiger partial charge in [-0.25, -0.2) is 0 Å². The van der Waals surface area contributed by atoms with Crippen LogP contribution in [-0.2, 0) is 22.6 Å². The molecule has 8 nitrogen and oxygen atoms in total. The average molecular weight is 344 g/mol. The molecule has 1 amide bonds. The number of hydrogen-bond acceptors (Lipinski definition) is 6. The Morgan fingerprint density at radius 3 is 2.52 bits per heavy atom. The van der Waals surface area contributed by atoms with Crippen LogP contribution in [0.3, 0.4) is 0 Å². The summed E-state index contributed by atoms with van der Waals surface area (Å²) in [5, 5.41) is 11.1. The standard InChI is InChI=1S/C17H16N2O6/c1-24-15-5-3-2-4-11(15)9-16(20)25-10-13-7-6-12(17(18)21)8-14(13)19(22)23/h2-8H,9-10H2,1H3,(H2,18,21). The van der Waals surface area contributed by atoms with Crippen LogP contribution < -0.4 is 10.5 Å². The molecule has 2 aromatic rings. The highest BCUT2D eigenvalue weighted by Gasteiger charge is 2.18. The molecular formula is C17H16N2O6. The van der Waals surface area contributed by atoms with Crippen molar-refractivity contribution in [1.29, 1.82) is 0 Å². The molecular weight excluding hydrogens is 328 g/mol. The van der Waals surface area contributed by atoms with E-state index in [0.29, 0.717) is 11.3 Å². The summed E-state index contributed by atoms with van der Waals surface area (Å²) < 4.78 is 10.3. The van der Waals surface area contributed by atoms with Gasteiger partial charge >= 0.3 is 5.97 Å². The number of carbonyl (C=O) groups excluding carboxylic acids is 2. The van der Waals surface area contributed by atoms with Crippen LogP contribution in [-0.4, -0.2) is 23.9 Å². The molecule has 0 fully saturated rings. The van der Waals surface area contributed by atoms with Gasteiger partial charge in [0.25, 0.3) is 5.69 Å². The fourth-order valence-corrected chi connectivity index (χ4v) is 2.22. The number of nitro groups is 1. The normalized spacial score (nSPS) is 10.1. The van der Waals surface area contributed by atoms with Gasteiger partial charge in [0.05, 0.1) is 24.0 Å². The zero-order chi connectivity index (χ0) is 18.4. The molecule has 0 radical (unpaired) electrons. The largest absolute Gasteiger partial charge is 0.496 e. The second-order valence-corrected chi connectivity index (χ2v) is 5.11. The van der Waals surface area contributed by atoms with Crippen molar-refractivity contribution in [3.05, 3.63) is 69.3 Å². The van der Waals surface area contributed by atoms with E-state index in [1.165, 1.54) is 19.2 Å². The lowest BCUT2D eigenvalue weighted by molar-refractivity contribution is -0.385. The molecule has 2 rings (SSSR count). The first kappa shape index (κ1) is 17.9. The lowest BCUT2D eigenvalue weighted by Gasteiger charge is -2.09. The Balaban J connectivity index is 2.09. The predicted molar refractivity (Wildman–Crippen MR) is 88.1 cm³/mol. The minimum absolute atomic E-state index is 0.01000. The van der Waals surface area contributed by atoms with Crippen molar-refractivity contribution in [1.82, 2.24) is 0 Å². The number of nitrogens with zero attached hydrogens (tertiary/aromatic N) is 1. The Labute approximate surface area is 143 Å². The zero-order valence-corrected chi connectivity index (χ0v) is 13.4. The van der Waals surface area contributed by atoms with Crippen molar-refractivity contribution in [2.75, 3.05) is 7.11 Å². The molecule has 0 atom stereocenters. The van der Waals surface area contributed by atoms with E-state index < -0.39 is 16.8 Å². The number of methoxy groups -OCH3 is 1. The van der Waals surface area contributed by atoms with E-state index in [-0.39, 0.29) is 29.8 Å². The third-order valence-corrected chi connectivity index (χ3v) is 3.48. The minimum Gasteiger partial charge on any atom is -0.496 e. The molecule has 0 bridgehead atoms. The smallest absolute Gasteiger partial charge is 0.310 e. The van der Waals surface area contributed by atoms with Gasteiger partial charge in [-0.2, -0.15) is 0 Å². The number of benzene rings is 2. The molecule has 25 heavy (non-hydrogen) atoms. The van der Waals surface area contributed by atoms with Gasteiger partial charge < -0.3 is 15.2 Å². The number of nitrogens with two attached hydrogens (primary N) is 1. The number of nitro benzene ring substituents is 1. The van der Waals surface area contributed by atoms with Gasteiger partial charge in [-0.15, -0.1) is 0 Å². The van der Waals surface area contributed by atoms with Crippen LogP contribution in [0.4, 0.5) is 5.69 Å². The monoisotopic (exact) mass is 344 g/mol. The third kappa shape index (κ3) is 4.54. The second kappa shape index (κ2) is 7.91. The van der Waals surface area contributed by atoms with Crippen LogP contribution in [0.1, 0.15) is 21.5 Å². The van der Waals surface area contributed by atoms with E-state index in [1.807, 2.05) is 0 Å². The zero-order valence-electron chi connectivity index (χ0n) is 13.4. The van der Waals surface area contributed by atoms with Gasteiger partial charge in [0.15, 0.2) is 0 Å². The number of para-hydroxylation sites is 1. The van der Waals surface area contributed by atoms with Crippen molar-refractivity contribution >= 4 is 17.6 Å². The highest BCUT2D eigenvalue weighted by molar-refractivity contribution is 5.93.